The average molecular weight is 292 g/mol. The Morgan fingerprint density at radius 2 is 1.86 bits per heavy atom. The summed E-state index contributed by atoms with van der Waals surface area (Å²) in [6.07, 6.45) is 2.19. The molecule has 3 rings (SSSR count). The largest absolute Gasteiger partial charge is 0.488 e. The van der Waals surface area contributed by atoms with Crippen LogP contribution in [0.5, 0.6) is 5.75 Å². The van der Waals surface area contributed by atoms with E-state index in [1.807, 2.05) is 31.2 Å². The highest BCUT2D eigenvalue weighted by Gasteiger charge is 2.15. The molecule has 0 amide bonds. The van der Waals surface area contributed by atoms with Gasteiger partial charge in [-0.15, -0.1) is 0 Å². The number of carbonyl (C=O) groups is 1. The Hall–Kier alpha value is -2.86. The van der Waals surface area contributed by atoms with Crippen molar-refractivity contribution in [1.29, 1.82) is 0 Å². The van der Waals surface area contributed by atoms with Crippen LogP contribution in [0.3, 0.4) is 0 Å². The van der Waals surface area contributed by atoms with Crippen LogP contribution in [0.1, 0.15) is 22.3 Å². The van der Waals surface area contributed by atoms with E-state index in [2.05, 4.69) is 11.8 Å². The molecule has 0 radical (unpaired) electrons. The highest BCUT2D eigenvalue weighted by atomic mass is 19.1. The fraction of sp³-hybridized carbons (Fsp3) is 0.105. The van der Waals surface area contributed by atoms with Gasteiger partial charge in [0.05, 0.1) is 5.56 Å². The topological polar surface area (TPSA) is 26.3 Å². The third-order valence-corrected chi connectivity index (χ3v) is 3.37. The molecule has 2 aromatic carbocycles. The lowest BCUT2D eigenvalue weighted by molar-refractivity contribution is -0.105. The standard InChI is InChI=1S/C19H13FO2/c1-13-2-4-14(5-3-13)6-7-15-9-18(20)17-8-16(11-21)12-22-19(17)10-15/h2-5,8-11H,12H2,1H3. The van der Waals surface area contributed by atoms with Gasteiger partial charge in [-0.2, -0.15) is 0 Å². The molecule has 0 N–H and O–H groups in total. The smallest absolute Gasteiger partial charge is 0.149 e. The number of rotatable bonds is 1. The monoisotopic (exact) mass is 292 g/mol. The van der Waals surface area contributed by atoms with Gasteiger partial charge in [-0.3, -0.25) is 4.79 Å². The van der Waals surface area contributed by atoms with E-state index in [9.17, 15) is 9.18 Å². The molecule has 1 aliphatic rings. The first-order chi connectivity index (χ1) is 10.7. The third-order valence-electron chi connectivity index (χ3n) is 3.37. The molecule has 0 atom stereocenters. The normalized spacial score (nSPS) is 12.4. The molecule has 0 aromatic heterocycles. The van der Waals surface area contributed by atoms with Crippen molar-refractivity contribution in [2.24, 2.45) is 0 Å². The number of hydrogen-bond acceptors (Lipinski definition) is 2. The molecule has 0 fully saturated rings. The number of ether oxygens (including phenoxy) is 1. The summed E-state index contributed by atoms with van der Waals surface area (Å²) in [6.45, 7) is 2.17. The number of aryl methyl sites for hydroxylation is 1. The van der Waals surface area contributed by atoms with E-state index in [1.165, 1.54) is 12.1 Å². The second kappa shape index (κ2) is 5.87. The number of benzene rings is 2. The van der Waals surface area contributed by atoms with E-state index in [-0.39, 0.29) is 6.61 Å². The van der Waals surface area contributed by atoms with Crippen molar-refractivity contribution in [2.75, 3.05) is 6.61 Å². The molecule has 0 bridgehead atoms. The van der Waals surface area contributed by atoms with Crippen molar-refractivity contribution in [1.82, 2.24) is 0 Å². The van der Waals surface area contributed by atoms with Crippen molar-refractivity contribution in [2.45, 2.75) is 6.92 Å². The molecule has 0 saturated carbocycles. The van der Waals surface area contributed by atoms with Crippen molar-refractivity contribution in [3.05, 3.63) is 70.0 Å². The zero-order valence-corrected chi connectivity index (χ0v) is 12.0. The molecule has 1 heterocycles. The predicted octanol–water partition coefficient (Wildman–Crippen LogP) is 3.51. The Morgan fingerprint density at radius 3 is 2.59 bits per heavy atom. The van der Waals surface area contributed by atoms with E-state index in [4.69, 9.17) is 4.74 Å². The summed E-state index contributed by atoms with van der Waals surface area (Å²) in [7, 11) is 0. The van der Waals surface area contributed by atoms with Crippen LogP contribution >= 0.6 is 0 Å². The molecule has 3 heteroatoms. The predicted molar refractivity (Wildman–Crippen MR) is 83.1 cm³/mol. The summed E-state index contributed by atoms with van der Waals surface area (Å²) >= 11 is 0. The molecule has 0 spiro atoms. The summed E-state index contributed by atoms with van der Waals surface area (Å²) in [5.74, 6) is 5.91. The summed E-state index contributed by atoms with van der Waals surface area (Å²) in [5.41, 5.74) is 3.29. The summed E-state index contributed by atoms with van der Waals surface area (Å²) in [6, 6.07) is 10.9. The Morgan fingerprint density at radius 1 is 1.14 bits per heavy atom. The molecule has 2 nitrogen and oxygen atoms in total. The SMILES string of the molecule is Cc1ccc(C#Cc2cc(F)c3c(c2)OCC(C=O)=C3)cc1. The van der Waals surface area contributed by atoms with Crippen LogP contribution in [0.25, 0.3) is 6.08 Å². The van der Waals surface area contributed by atoms with Gasteiger partial charge < -0.3 is 4.74 Å². The molecule has 1 aliphatic heterocycles. The highest BCUT2D eigenvalue weighted by Crippen LogP contribution is 2.29. The van der Waals surface area contributed by atoms with Gasteiger partial charge in [0.2, 0.25) is 0 Å². The molecular formula is C19H13FO2. The van der Waals surface area contributed by atoms with Gasteiger partial charge in [0.25, 0.3) is 0 Å². The lowest BCUT2D eigenvalue weighted by Gasteiger charge is -2.15. The fourth-order valence-corrected chi connectivity index (χ4v) is 2.16. The molecule has 0 unspecified atom stereocenters. The number of halogens is 1. The number of aldehydes is 1. The second-order valence-corrected chi connectivity index (χ2v) is 5.11. The minimum absolute atomic E-state index is 0.158. The van der Waals surface area contributed by atoms with Crippen molar-refractivity contribution in [3.63, 3.8) is 0 Å². The molecule has 2 aromatic rings. The Kier molecular flexibility index (Phi) is 3.76. The maximum absolute atomic E-state index is 14.1. The van der Waals surface area contributed by atoms with Crippen LogP contribution in [0, 0.1) is 24.6 Å². The number of fused-ring (bicyclic) bond motifs is 1. The quantitative estimate of drug-likeness (QED) is 0.594. The van der Waals surface area contributed by atoms with Crippen LogP contribution in [-0.4, -0.2) is 12.9 Å². The van der Waals surface area contributed by atoms with Crippen LogP contribution in [0.15, 0.2) is 42.0 Å². The maximum Gasteiger partial charge on any atom is 0.149 e. The Bertz CT molecular complexity index is 821. The van der Waals surface area contributed by atoms with Gasteiger partial charge in [0, 0.05) is 16.7 Å². The number of carbonyl (C=O) groups excluding carboxylic acids is 1. The minimum Gasteiger partial charge on any atom is -0.488 e. The maximum atomic E-state index is 14.1. The van der Waals surface area contributed by atoms with E-state index >= 15 is 0 Å². The van der Waals surface area contributed by atoms with Crippen molar-refractivity contribution in [3.8, 4) is 17.6 Å². The van der Waals surface area contributed by atoms with Crippen molar-refractivity contribution >= 4 is 12.4 Å². The highest BCUT2D eigenvalue weighted by molar-refractivity contribution is 5.84. The molecule has 22 heavy (non-hydrogen) atoms. The van der Waals surface area contributed by atoms with Crippen LogP contribution in [0.4, 0.5) is 4.39 Å². The summed E-state index contributed by atoms with van der Waals surface area (Å²) in [5, 5.41) is 0. The average Bonchev–Trinajstić information content (AvgIpc) is 2.54. The summed E-state index contributed by atoms with van der Waals surface area (Å²) in [4.78, 5) is 10.7. The van der Waals surface area contributed by atoms with Crippen LogP contribution < -0.4 is 4.74 Å². The van der Waals surface area contributed by atoms with Gasteiger partial charge >= 0.3 is 0 Å². The van der Waals surface area contributed by atoms with E-state index < -0.39 is 5.82 Å². The van der Waals surface area contributed by atoms with E-state index in [0.717, 1.165) is 11.1 Å². The van der Waals surface area contributed by atoms with Crippen molar-refractivity contribution < 1.29 is 13.9 Å². The van der Waals surface area contributed by atoms with Gasteiger partial charge in [-0.05, 0) is 37.3 Å². The second-order valence-electron chi connectivity index (χ2n) is 5.11. The van der Waals surface area contributed by atoms with Gasteiger partial charge in [-0.1, -0.05) is 29.5 Å². The first-order valence-corrected chi connectivity index (χ1v) is 6.86. The minimum atomic E-state index is -0.440. The lowest BCUT2D eigenvalue weighted by Crippen LogP contribution is -2.09. The molecule has 108 valence electrons. The first-order valence-electron chi connectivity index (χ1n) is 6.86. The number of hydrogen-bond donors (Lipinski definition) is 0. The zero-order chi connectivity index (χ0) is 15.5. The summed E-state index contributed by atoms with van der Waals surface area (Å²) < 4.78 is 19.5. The molecule has 0 aliphatic carbocycles. The molecule has 0 saturated heterocycles. The zero-order valence-electron chi connectivity index (χ0n) is 12.0. The van der Waals surface area contributed by atoms with Crippen LogP contribution in [0.2, 0.25) is 0 Å². The fourth-order valence-electron chi connectivity index (χ4n) is 2.16. The van der Waals surface area contributed by atoms with Gasteiger partial charge in [0.15, 0.2) is 0 Å². The first kappa shape index (κ1) is 14.1. The molecular weight excluding hydrogens is 279 g/mol. The lowest BCUT2D eigenvalue weighted by atomic mass is 10.0. The van der Waals surface area contributed by atoms with Crippen LogP contribution in [-0.2, 0) is 4.79 Å². The van der Waals surface area contributed by atoms with Gasteiger partial charge in [-0.25, -0.2) is 4.39 Å². The Balaban J connectivity index is 1.95. The third kappa shape index (κ3) is 2.91. The van der Waals surface area contributed by atoms with E-state index in [0.29, 0.717) is 28.7 Å². The van der Waals surface area contributed by atoms with E-state index in [1.54, 1.807) is 6.07 Å². The Labute approximate surface area is 128 Å². The van der Waals surface area contributed by atoms with Gasteiger partial charge in [0.1, 0.15) is 24.5 Å².